The standard InChI is InChI=1S/C52H83NO8/c1-6-8-10-12-14-16-18-20-22-24-25-27-29-31-33-35-37-39-41-43-50(55)61-48(47-60-52(51(56)57)58-45-44-53(3,4)5)46-59-49(54)42-40-38-36-34-32-30-28-26-23-21-19-17-15-13-11-9-7-2/h8-11,14-17,20-23,25,27-28,30-31,33,48,52H,6-7,12-13,18-19,24,26,29,32,34-47H2,1-5H3/p+1/b10-8-,11-9-,16-14-,17-15-,22-20-,23-21-,27-25-,30-28-,33-31-. The molecule has 2 unspecified atom stereocenters. The third kappa shape index (κ3) is 43.8. The van der Waals surface area contributed by atoms with Crippen LogP contribution in [0.1, 0.15) is 142 Å². The molecule has 344 valence electrons. The van der Waals surface area contributed by atoms with Crippen LogP contribution in [0.4, 0.5) is 0 Å². The van der Waals surface area contributed by atoms with Gasteiger partial charge in [0.25, 0.3) is 6.29 Å². The van der Waals surface area contributed by atoms with Crippen molar-refractivity contribution >= 4 is 17.9 Å². The lowest BCUT2D eigenvalue weighted by Gasteiger charge is -2.25. The SMILES string of the molecule is CC/C=C\C/C=C\C/C=C\C/C=C\C/C=C\CCCCCC(=O)OC(COC(=O)CCCCCC/C=C\C/C=C\C/C=C\C/C=C\CC)COC(OCC[N+](C)(C)C)C(=O)O. The van der Waals surface area contributed by atoms with Crippen molar-refractivity contribution < 1.29 is 42.9 Å². The van der Waals surface area contributed by atoms with E-state index in [4.69, 9.17) is 18.9 Å². The highest BCUT2D eigenvalue weighted by molar-refractivity contribution is 5.71. The molecule has 1 N–H and O–H groups in total. The van der Waals surface area contributed by atoms with Crippen molar-refractivity contribution in [2.45, 2.75) is 155 Å². The minimum absolute atomic E-state index is 0.170. The first-order valence-corrected chi connectivity index (χ1v) is 23.1. The van der Waals surface area contributed by atoms with E-state index in [1.807, 2.05) is 21.1 Å². The maximum atomic E-state index is 12.8. The number of carbonyl (C=O) groups is 3. The Kier molecular flexibility index (Phi) is 39.8. The third-order valence-corrected chi connectivity index (χ3v) is 9.02. The molecule has 0 aliphatic heterocycles. The average Bonchev–Trinajstić information content (AvgIpc) is 3.22. The maximum absolute atomic E-state index is 12.8. The Labute approximate surface area is 371 Å². The molecule has 0 aliphatic carbocycles. The monoisotopic (exact) mass is 851 g/mol. The molecular weight excluding hydrogens is 767 g/mol. The van der Waals surface area contributed by atoms with Crippen LogP contribution < -0.4 is 0 Å². The lowest BCUT2D eigenvalue weighted by Crippen LogP contribution is -2.40. The normalized spacial score (nSPS) is 13.9. The number of ether oxygens (including phenoxy) is 4. The van der Waals surface area contributed by atoms with Crippen molar-refractivity contribution in [1.29, 1.82) is 0 Å². The van der Waals surface area contributed by atoms with Crippen LogP contribution in [0.15, 0.2) is 109 Å². The molecule has 0 spiro atoms. The molecule has 0 fully saturated rings. The fourth-order valence-electron chi connectivity index (χ4n) is 5.50. The number of nitrogens with zero attached hydrogens (tertiary/aromatic N) is 1. The number of hydrogen-bond donors (Lipinski definition) is 1. The predicted molar refractivity (Wildman–Crippen MR) is 253 cm³/mol. The number of aliphatic carboxylic acids is 1. The van der Waals surface area contributed by atoms with Crippen molar-refractivity contribution in [3.63, 3.8) is 0 Å². The Balaban J connectivity index is 4.56. The summed E-state index contributed by atoms with van der Waals surface area (Å²) in [6.45, 7) is 4.54. The molecule has 61 heavy (non-hydrogen) atoms. The molecule has 9 nitrogen and oxygen atoms in total. The summed E-state index contributed by atoms with van der Waals surface area (Å²) in [5.74, 6) is -2.10. The second-order valence-electron chi connectivity index (χ2n) is 15.9. The quantitative estimate of drug-likeness (QED) is 0.0213. The number of rotatable bonds is 40. The number of carboxylic acid groups (broad SMARTS) is 1. The van der Waals surface area contributed by atoms with Gasteiger partial charge in [-0.05, 0) is 96.3 Å². The Morgan fingerprint density at radius 1 is 0.492 bits per heavy atom. The van der Waals surface area contributed by atoms with Gasteiger partial charge < -0.3 is 28.5 Å². The van der Waals surface area contributed by atoms with E-state index in [-0.39, 0.29) is 38.6 Å². The Morgan fingerprint density at radius 2 is 0.885 bits per heavy atom. The lowest BCUT2D eigenvalue weighted by molar-refractivity contribution is -0.870. The van der Waals surface area contributed by atoms with Gasteiger partial charge in [-0.2, -0.15) is 0 Å². The van der Waals surface area contributed by atoms with Crippen LogP contribution >= 0.6 is 0 Å². The third-order valence-electron chi connectivity index (χ3n) is 9.02. The molecule has 0 radical (unpaired) electrons. The van der Waals surface area contributed by atoms with E-state index in [1.165, 1.54) is 0 Å². The highest BCUT2D eigenvalue weighted by Crippen LogP contribution is 2.11. The summed E-state index contributed by atoms with van der Waals surface area (Å²) >= 11 is 0. The van der Waals surface area contributed by atoms with E-state index in [0.29, 0.717) is 23.9 Å². The molecule has 0 bridgehead atoms. The van der Waals surface area contributed by atoms with E-state index in [1.54, 1.807) is 0 Å². The minimum Gasteiger partial charge on any atom is -0.477 e. The average molecular weight is 851 g/mol. The van der Waals surface area contributed by atoms with Gasteiger partial charge in [-0.15, -0.1) is 0 Å². The van der Waals surface area contributed by atoms with Crippen LogP contribution in [0.25, 0.3) is 0 Å². The van der Waals surface area contributed by atoms with Gasteiger partial charge in [0.1, 0.15) is 13.2 Å². The van der Waals surface area contributed by atoms with E-state index < -0.39 is 24.3 Å². The van der Waals surface area contributed by atoms with Gasteiger partial charge in [0.2, 0.25) is 0 Å². The number of likely N-dealkylation sites (N-methyl/N-ethyl adjacent to an activating group) is 1. The molecule has 2 atom stereocenters. The summed E-state index contributed by atoms with van der Waals surface area (Å²) in [6, 6.07) is 0. The van der Waals surface area contributed by atoms with Crippen molar-refractivity contribution in [2.24, 2.45) is 0 Å². The summed E-state index contributed by atoms with van der Waals surface area (Å²) < 4.78 is 22.7. The Morgan fingerprint density at radius 3 is 1.31 bits per heavy atom. The molecule has 0 saturated heterocycles. The number of hydrogen-bond acceptors (Lipinski definition) is 7. The van der Waals surface area contributed by atoms with Crippen LogP contribution in [-0.4, -0.2) is 87.4 Å². The van der Waals surface area contributed by atoms with Crippen LogP contribution in [0.5, 0.6) is 0 Å². The zero-order valence-corrected chi connectivity index (χ0v) is 38.8. The van der Waals surface area contributed by atoms with Crippen LogP contribution in [-0.2, 0) is 33.3 Å². The predicted octanol–water partition coefficient (Wildman–Crippen LogP) is 12.4. The second kappa shape index (κ2) is 42.6. The molecule has 0 rings (SSSR count). The van der Waals surface area contributed by atoms with E-state index in [2.05, 4.69) is 123 Å². The van der Waals surface area contributed by atoms with Gasteiger partial charge in [0.05, 0.1) is 34.4 Å². The van der Waals surface area contributed by atoms with E-state index in [0.717, 1.165) is 103 Å². The summed E-state index contributed by atoms with van der Waals surface area (Å²) in [4.78, 5) is 37.2. The molecule has 0 saturated carbocycles. The number of quaternary nitrogens is 1. The summed E-state index contributed by atoms with van der Waals surface area (Å²) in [6.07, 6.45) is 54.3. The topological polar surface area (TPSA) is 108 Å². The highest BCUT2D eigenvalue weighted by atomic mass is 16.7. The van der Waals surface area contributed by atoms with Gasteiger partial charge in [-0.1, -0.05) is 142 Å². The molecule has 0 aromatic rings. The number of carbonyl (C=O) groups excluding carboxylic acids is 2. The Bertz CT molecular complexity index is 1360. The van der Waals surface area contributed by atoms with E-state index >= 15 is 0 Å². The van der Waals surface area contributed by atoms with Crippen molar-refractivity contribution in [3.8, 4) is 0 Å². The second-order valence-corrected chi connectivity index (χ2v) is 15.9. The fraction of sp³-hybridized carbons (Fsp3) is 0.596. The molecular formula is C52H84NO8+. The van der Waals surface area contributed by atoms with Crippen LogP contribution in [0, 0.1) is 0 Å². The summed E-state index contributed by atoms with van der Waals surface area (Å²) in [5.41, 5.74) is 0. The summed E-state index contributed by atoms with van der Waals surface area (Å²) in [5, 5.41) is 9.64. The number of carboxylic acids is 1. The zero-order valence-electron chi connectivity index (χ0n) is 38.8. The fourth-order valence-corrected chi connectivity index (χ4v) is 5.50. The van der Waals surface area contributed by atoms with Crippen LogP contribution in [0.2, 0.25) is 0 Å². The first kappa shape index (κ1) is 57.0. The summed E-state index contributed by atoms with van der Waals surface area (Å²) in [7, 11) is 5.92. The van der Waals surface area contributed by atoms with Crippen molar-refractivity contribution in [1.82, 2.24) is 0 Å². The van der Waals surface area contributed by atoms with Gasteiger partial charge in [0, 0.05) is 12.8 Å². The number of esters is 2. The first-order valence-electron chi connectivity index (χ1n) is 23.1. The molecule has 0 aromatic carbocycles. The van der Waals surface area contributed by atoms with Gasteiger partial charge in [-0.25, -0.2) is 4.79 Å². The lowest BCUT2D eigenvalue weighted by atomic mass is 10.1. The van der Waals surface area contributed by atoms with Crippen molar-refractivity contribution in [3.05, 3.63) is 109 Å². The Hall–Kier alpha value is -4.05. The van der Waals surface area contributed by atoms with E-state index in [9.17, 15) is 19.5 Å². The maximum Gasteiger partial charge on any atom is 0.361 e. The first-order chi connectivity index (χ1) is 29.6. The smallest absolute Gasteiger partial charge is 0.361 e. The zero-order chi connectivity index (χ0) is 44.9. The molecule has 0 heterocycles. The van der Waals surface area contributed by atoms with Crippen molar-refractivity contribution in [2.75, 3.05) is 47.5 Å². The molecule has 0 aliphatic rings. The molecule has 0 aromatic heterocycles. The number of allylic oxidation sites excluding steroid dienone is 18. The van der Waals surface area contributed by atoms with Gasteiger partial charge >= 0.3 is 17.9 Å². The molecule has 9 heteroatoms. The largest absolute Gasteiger partial charge is 0.477 e. The van der Waals surface area contributed by atoms with Gasteiger partial charge in [0.15, 0.2) is 6.10 Å². The minimum atomic E-state index is -1.53. The highest BCUT2D eigenvalue weighted by Gasteiger charge is 2.25. The van der Waals surface area contributed by atoms with Crippen LogP contribution in [0.3, 0.4) is 0 Å². The van der Waals surface area contributed by atoms with Gasteiger partial charge in [-0.3, -0.25) is 9.59 Å². The molecule has 0 amide bonds. The number of unbranched alkanes of at least 4 members (excludes halogenated alkanes) is 7.